The maximum atomic E-state index is 5.47. The maximum Gasteiger partial charge on any atom is 0.136 e. The Hall–Kier alpha value is -1.85. The third-order valence-electron chi connectivity index (χ3n) is 4.53. The summed E-state index contributed by atoms with van der Waals surface area (Å²) in [6.45, 7) is 7.65. The zero-order valence-electron chi connectivity index (χ0n) is 12.8. The number of ether oxygens (including phenoxy) is 1. The van der Waals surface area contributed by atoms with Gasteiger partial charge in [-0.1, -0.05) is 12.1 Å². The van der Waals surface area contributed by atoms with Gasteiger partial charge in [0, 0.05) is 61.9 Å². The summed E-state index contributed by atoms with van der Waals surface area (Å²) in [5.74, 6) is 1.10. The summed E-state index contributed by atoms with van der Waals surface area (Å²) in [5, 5.41) is 5.98. The number of piperazine rings is 1. The molecule has 5 heteroatoms. The summed E-state index contributed by atoms with van der Waals surface area (Å²) in [7, 11) is 0. The molecule has 1 aromatic heterocycles. The molecule has 5 nitrogen and oxygen atoms in total. The van der Waals surface area contributed by atoms with Crippen LogP contribution in [0.2, 0.25) is 0 Å². The minimum Gasteiger partial charge on any atom is -0.378 e. The second-order valence-corrected chi connectivity index (χ2v) is 5.84. The van der Waals surface area contributed by atoms with Crippen molar-refractivity contribution in [1.82, 2.24) is 10.3 Å². The molecule has 0 saturated carbocycles. The first-order chi connectivity index (χ1) is 10.9. The molecule has 0 unspecified atom stereocenters. The molecule has 116 valence electrons. The molecule has 1 aromatic carbocycles. The van der Waals surface area contributed by atoms with Crippen LogP contribution in [0.25, 0.3) is 10.8 Å². The summed E-state index contributed by atoms with van der Waals surface area (Å²) in [4.78, 5) is 9.47. The number of aromatic nitrogens is 1. The van der Waals surface area contributed by atoms with Crippen molar-refractivity contribution < 1.29 is 4.74 Å². The fraction of sp³-hybridized carbons (Fsp3) is 0.471. The van der Waals surface area contributed by atoms with Crippen LogP contribution in [0.5, 0.6) is 0 Å². The van der Waals surface area contributed by atoms with E-state index in [1.54, 1.807) is 0 Å². The van der Waals surface area contributed by atoms with E-state index in [0.29, 0.717) is 0 Å². The molecule has 1 N–H and O–H groups in total. The highest BCUT2D eigenvalue weighted by Gasteiger charge is 2.18. The molecule has 0 aliphatic carbocycles. The van der Waals surface area contributed by atoms with E-state index in [1.165, 1.54) is 16.5 Å². The molecular formula is C17H22N4O. The highest BCUT2D eigenvalue weighted by Crippen LogP contribution is 2.32. The molecule has 22 heavy (non-hydrogen) atoms. The zero-order chi connectivity index (χ0) is 14.8. The number of hydrogen-bond donors (Lipinski definition) is 1. The average molecular weight is 298 g/mol. The highest BCUT2D eigenvalue weighted by molar-refractivity contribution is 6.00. The molecule has 2 fully saturated rings. The molecule has 0 bridgehead atoms. The van der Waals surface area contributed by atoms with E-state index in [9.17, 15) is 0 Å². The molecule has 0 amide bonds. The Kier molecular flexibility index (Phi) is 3.83. The Morgan fingerprint density at radius 3 is 2.55 bits per heavy atom. The summed E-state index contributed by atoms with van der Waals surface area (Å²) in [6.07, 6.45) is 1.94. The molecule has 0 atom stereocenters. The van der Waals surface area contributed by atoms with Crippen LogP contribution in [0.15, 0.2) is 30.5 Å². The van der Waals surface area contributed by atoms with Gasteiger partial charge in [-0.25, -0.2) is 4.98 Å². The van der Waals surface area contributed by atoms with E-state index in [2.05, 4.69) is 44.4 Å². The number of rotatable bonds is 2. The van der Waals surface area contributed by atoms with Gasteiger partial charge in [-0.3, -0.25) is 0 Å². The summed E-state index contributed by atoms with van der Waals surface area (Å²) in [5.41, 5.74) is 1.33. The van der Waals surface area contributed by atoms with E-state index in [4.69, 9.17) is 4.74 Å². The number of pyridine rings is 1. The van der Waals surface area contributed by atoms with Crippen LogP contribution in [-0.2, 0) is 4.74 Å². The second-order valence-electron chi connectivity index (χ2n) is 5.84. The predicted octanol–water partition coefficient (Wildman–Crippen LogP) is 1.48. The van der Waals surface area contributed by atoms with Gasteiger partial charge in [-0.15, -0.1) is 0 Å². The van der Waals surface area contributed by atoms with Crippen molar-refractivity contribution in [2.45, 2.75) is 0 Å². The number of nitrogens with one attached hydrogen (secondary N) is 1. The Morgan fingerprint density at radius 1 is 0.909 bits per heavy atom. The van der Waals surface area contributed by atoms with Crippen molar-refractivity contribution in [2.75, 3.05) is 62.3 Å². The fourth-order valence-corrected chi connectivity index (χ4v) is 3.38. The van der Waals surface area contributed by atoms with Gasteiger partial charge in [0.25, 0.3) is 0 Å². The van der Waals surface area contributed by atoms with Crippen LogP contribution in [0.1, 0.15) is 0 Å². The van der Waals surface area contributed by atoms with Crippen LogP contribution in [0.4, 0.5) is 11.5 Å². The topological polar surface area (TPSA) is 40.6 Å². The van der Waals surface area contributed by atoms with Gasteiger partial charge >= 0.3 is 0 Å². The van der Waals surface area contributed by atoms with Gasteiger partial charge in [0.2, 0.25) is 0 Å². The van der Waals surface area contributed by atoms with Crippen LogP contribution in [-0.4, -0.2) is 57.5 Å². The molecule has 2 saturated heterocycles. The minimum atomic E-state index is 0.787. The Balaban J connectivity index is 1.76. The van der Waals surface area contributed by atoms with Crippen molar-refractivity contribution in [1.29, 1.82) is 0 Å². The first kappa shape index (κ1) is 13.8. The van der Waals surface area contributed by atoms with Crippen LogP contribution in [0.3, 0.4) is 0 Å². The molecule has 0 radical (unpaired) electrons. The number of nitrogens with zero attached hydrogens (tertiary/aromatic N) is 3. The van der Waals surface area contributed by atoms with Crippen LogP contribution < -0.4 is 15.1 Å². The largest absolute Gasteiger partial charge is 0.378 e. The fourth-order valence-electron chi connectivity index (χ4n) is 3.38. The molecule has 4 rings (SSSR count). The zero-order valence-corrected chi connectivity index (χ0v) is 12.8. The highest BCUT2D eigenvalue weighted by atomic mass is 16.5. The van der Waals surface area contributed by atoms with Gasteiger partial charge in [0.1, 0.15) is 5.82 Å². The monoisotopic (exact) mass is 298 g/mol. The first-order valence-corrected chi connectivity index (χ1v) is 8.09. The van der Waals surface area contributed by atoms with Crippen molar-refractivity contribution in [3.8, 4) is 0 Å². The van der Waals surface area contributed by atoms with Gasteiger partial charge in [-0.2, -0.15) is 0 Å². The maximum absolute atomic E-state index is 5.47. The number of hydrogen-bond acceptors (Lipinski definition) is 5. The Labute approximate surface area is 130 Å². The quantitative estimate of drug-likeness (QED) is 0.909. The first-order valence-electron chi connectivity index (χ1n) is 8.09. The molecule has 2 aromatic rings. The van der Waals surface area contributed by atoms with Crippen molar-refractivity contribution in [3.05, 3.63) is 30.5 Å². The normalized spacial score (nSPS) is 19.6. The third kappa shape index (κ3) is 2.51. The standard InChI is InChI=1S/C17H22N4O/c1-2-15-14(16(3-1)20-8-6-18-7-9-20)4-5-19-17(15)21-10-12-22-13-11-21/h1-5,18H,6-13H2. The Bertz CT molecular complexity index is 591. The molecule has 2 aliphatic rings. The van der Waals surface area contributed by atoms with Gasteiger partial charge < -0.3 is 19.9 Å². The average Bonchev–Trinajstić information content (AvgIpc) is 2.62. The molecule has 3 heterocycles. The second kappa shape index (κ2) is 6.10. The van der Waals surface area contributed by atoms with Gasteiger partial charge in [0.05, 0.1) is 13.2 Å². The van der Waals surface area contributed by atoms with Crippen LogP contribution >= 0.6 is 0 Å². The summed E-state index contributed by atoms with van der Waals surface area (Å²) in [6, 6.07) is 8.73. The van der Waals surface area contributed by atoms with Gasteiger partial charge in [0.15, 0.2) is 0 Å². The Morgan fingerprint density at radius 2 is 1.73 bits per heavy atom. The number of fused-ring (bicyclic) bond motifs is 1. The number of anilines is 2. The van der Waals surface area contributed by atoms with Crippen LogP contribution in [0, 0.1) is 0 Å². The van der Waals surface area contributed by atoms with Gasteiger partial charge in [-0.05, 0) is 12.1 Å². The van der Waals surface area contributed by atoms with E-state index in [1.807, 2.05) is 6.20 Å². The summed E-state index contributed by atoms with van der Waals surface area (Å²) >= 11 is 0. The van der Waals surface area contributed by atoms with Crippen molar-refractivity contribution >= 4 is 22.3 Å². The number of benzene rings is 1. The summed E-state index contributed by atoms with van der Waals surface area (Å²) < 4.78 is 5.47. The lowest BCUT2D eigenvalue weighted by molar-refractivity contribution is 0.122. The lowest BCUT2D eigenvalue weighted by atomic mass is 10.1. The van der Waals surface area contributed by atoms with Crippen molar-refractivity contribution in [3.63, 3.8) is 0 Å². The smallest absolute Gasteiger partial charge is 0.136 e. The SMILES string of the molecule is c1cc(N2CCNCC2)c2ccnc(N3CCOCC3)c2c1. The molecule has 0 spiro atoms. The number of morpholine rings is 1. The van der Waals surface area contributed by atoms with E-state index >= 15 is 0 Å². The van der Waals surface area contributed by atoms with Crippen molar-refractivity contribution in [2.24, 2.45) is 0 Å². The third-order valence-corrected chi connectivity index (χ3v) is 4.53. The lowest BCUT2D eigenvalue weighted by Gasteiger charge is -2.32. The van der Waals surface area contributed by atoms with E-state index < -0.39 is 0 Å². The van der Waals surface area contributed by atoms with E-state index in [-0.39, 0.29) is 0 Å². The molecular weight excluding hydrogens is 276 g/mol. The minimum absolute atomic E-state index is 0.787. The predicted molar refractivity (Wildman–Crippen MR) is 89.9 cm³/mol. The molecule has 2 aliphatic heterocycles. The lowest BCUT2D eigenvalue weighted by Crippen LogP contribution is -2.43. The van der Waals surface area contributed by atoms with E-state index in [0.717, 1.165) is 58.3 Å².